The molecule has 1 aliphatic heterocycles. The van der Waals surface area contributed by atoms with Crippen molar-refractivity contribution < 1.29 is 14.5 Å². The number of ketones is 1. The predicted octanol–water partition coefficient (Wildman–Crippen LogP) is -0.697. The molecule has 1 heterocycles. The van der Waals surface area contributed by atoms with Crippen LogP contribution in [0.1, 0.15) is 13.8 Å². The average molecular weight is 153 g/mol. The Morgan fingerprint density at radius 2 is 2.27 bits per heavy atom. The standard InChI is InChI=1S/C8H11NO2/c1-6(2)9-4-3-7(10)8(11)5-9/h3-6,8H,1-2H3. The molecule has 3 nitrogen and oxygen atoms in total. The summed E-state index contributed by atoms with van der Waals surface area (Å²) in [7, 11) is 0. The molecular weight excluding hydrogens is 142 g/mol. The molecule has 11 heavy (non-hydrogen) atoms. The Hall–Kier alpha value is -0.960. The predicted molar refractivity (Wildman–Crippen MR) is 39.4 cm³/mol. The molecule has 0 fully saturated rings. The van der Waals surface area contributed by atoms with Crippen LogP contribution in [-0.4, -0.2) is 28.7 Å². The molecule has 0 spiro atoms. The summed E-state index contributed by atoms with van der Waals surface area (Å²) in [6.45, 7) is 3.92. The summed E-state index contributed by atoms with van der Waals surface area (Å²) < 4.78 is 1.75. The van der Waals surface area contributed by atoms with Crippen LogP contribution in [0.25, 0.3) is 0 Å². The number of carbonyl (C=O) groups is 1. The third-order valence-corrected chi connectivity index (χ3v) is 1.60. The van der Waals surface area contributed by atoms with Gasteiger partial charge in [-0.1, -0.05) is 0 Å². The van der Waals surface area contributed by atoms with Crippen LogP contribution in [0, 0.1) is 0 Å². The van der Waals surface area contributed by atoms with Crippen LogP contribution in [0.15, 0.2) is 12.3 Å². The summed E-state index contributed by atoms with van der Waals surface area (Å²) in [6.07, 6.45) is 3.17. The highest BCUT2D eigenvalue weighted by atomic mass is 16.3. The minimum absolute atomic E-state index is 0.246. The molecule has 60 valence electrons. The fraction of sp³-hybridized carbons (Fsp3) is 0.500. The zero-order valence-electron chi connectivity index (χ0n) is 6.65. The van der Waals surface area contributed by atoms with E-state index in [0.717, 1.165) is 0 Å². The van der Waals surface area contributed by atoms with Crippen molar-refractivity contribution >= 4 is 12.0 Å². The van der Waals surface area contributed by atoms with Gasteiger partial charge in [-0.15, -0.1) is 0 Å². The maximum absolute atomic E-state index is 10.9. The number of hydrogen-bond donors (Lipinski definition) is 0. The van der Waals surface area contributed by atoms with E-state index in [1.54, 1.807) is 10.8 Å². The van der Waals surface area contributed by atoms with Crippen LogP contribution in [0.3, 0.4) is 0 Å². The van der Waals surface area contributed by atoms with Crippen LogP contribution in [0.4, 0.5) is 0 Å². The molecule has 0 saturated heterocycles. The van der Waals surface area contributed by atoms with E-state index in [1.807, 2.05) is 13.8 Å². The van der Waals surface area contributed by atoms with Gasteiger partial charge in [0.1, 0.15) is 6.21 Å². The Kier molecular flexibility index (Phi) is 2.19. The SMILES string of the molecule is CC(C)[N+]1=CC([O-])C(=O)C=C1. The summed E-state index contributed by atoms with van der Waals surface area (Å²) in [6, 6.07) is 0.246. The molecule has 0 saturated carbocycles. The van der Waals surface area contributed by atoms with Gasteiger partial charge in [-0.3, -0.25) is 4.79 Å². The Labute approximate surface area is 65.7 Å². The third-order valence-electron chi connectivity index (χ3n) is 1.60. The number of nitrogens with zero attached hydrogens (tertiary/aromatic N) is 1. The average Bonchev–Trinajstić information content (AvgIpc) is 1.94. The first-order chi connectivity index (χ1) is 5.11. The van der Waals surface area contributed by atoms with Gasteiger partial charge in [0.15, 0.2) is 18.0 Å². The molecule has 0 radical (unpaired) electrons. The van der Waals surface area contributed by atoms with Crippen LogP contribution in [0.2, 0.25) is 0 Å². The summed E-state index contributed by atoms with van der Waals surface area (Å²) in [4.78, 5) is 10.7. The van der Waals surface area contributed by atoms with Crippen molar-refractivity contribution in [2.75, 3.05) is 0 Å². The monoisotopic (exact) mass is 153 g/mol. The molecule has 1 rings (SSSR count). The lowest BCUT2D eigenvalue weighted by molar-refractivity contribution is -0.501. The van der Waals surface area contributed by atoms with Gasteiger partial charge in [0.05, 0.1) is 0 Å². The van der Waals surface area contributed by atoms with Gasteiger partial charge in [-0.25, -0.2) is 4.58 Å². The van der Waals surface area contributed by atoms with Crippen molar-refractivity contribution in [2.24, 2.45) is 0 Å². The van der Waals surface area contributed by atoms with Crippen molar-refractivity contribution in [1.29, 1.82) is 0 Å². The highest BCUT2D eigenvalue weighted by Crippen LogP contribution is 1.96. The van der Waals surface area contributed by atoms with Gasteiger partial charge in [0, 0.05) is 12.2 Å². The molecule has 0 bridgehead atoms. The zero-order valence-corrected chi connectivity index (χ0v) is 6.65. The summed E-state index contributed by atoms with van der Waals surface area (Å²) in [5.41, 5.74) is 0. The van der Waals surface area contributed by atoms with E-state index in [0.29, 0.717) is 0 Å². The van der Waals surface area contributed by atoms with Gasteiger partial charge in [0.2, 0.25) is 0 Å². The normalized spacial score (nSPS) is 24.2. The van der Waals surface area contributed by atoms with Crippen molar-refractivity contribution in [2.45, 2.75) is 26.0 Å². The van der Waals surface area contributed by atoms with Crippen molar-refractivity contribution in [3.63, 3.8) is 0 Å². The molecule has 0 aromatic rings. The smallest absolute Gasteiger partial charge is 0.172 e. The first-order valence-corrected chi connectivity index (χ1v) is 3.61. The first kappa shape index (κ1) is 8.14. The zero-order chi connectivity index (χ0) is 8.43. The first-order valence-electron chi connectivity index (χ1n) is 3.61. The van der Waals surface area contributed by atoms with E-state index in [9.17, 15) is 9.90 Å². The molecule has 0 amide bonds. The van der Waals surface area contributed by atoms with Gasteiger partial charge in [0.25, 0.3) is 0 Å². The second kappa shape index (κ2) is 2.96. The van der Waals surface area contributed by atoms with Gasteiger partial charge in [-0.2, -0.15) is 0 Å². The highest BCUT2D eigenvalue weighted by molar-refractivity contribution is 6.03. The molecule has 0 aromatic heterocycles. The molecule has 1 aliphatic rings. The van der Waals surface area contributed by atoms with Crippen LogP contribution in [0.5, 0.6) is 0 Å². The van der Waals surface area contributed by atoms with Crippen molar-refractivity contribution in [1.82, 2.24) is 0 Å². The molecule has 0 aliphatic carbocycles. The van der Waals surface area contributed by atoms with Crippen LogP contribution in [-0.2, 0) is 4.79 Å². The Morgan fingerprint density at radius 1 is 1.64 bits per heavy atom. The summed E-state index contributed by atoms with van der Waals surface area (Å²) in [5, 5.41) is 10.9. The van der Waals surface area contributed by atoms with E-state index in [-0.39, 0.29) is 11.8 Å². The third kappa shape index (κ3) is 1.74. The van der Waals surface area contributed by atoms with E-state index in [4.69, 9.17) is 0 Å². The Balaban J connectivity index is 2.80. The fourth-order valence-corrected chi connectivity index (χ4v) is 0.878. The van der Waals surface area contributed by atoms with Crippen molar-refractivity contribution in [3.05, 3.63) is 12.3 Å². The minimum Gasteiger partial charge on any atom is -0.839 e. The van der Waals surface area contributed by atoms with E-state index >= 15 is 0 Å². The minimum atomic E-state index is -1.21. The molecule has 1 atom stereocenters. The Bertz CT molecular complexity index is 228. The summed E-state index contributed by atoms with van der Waals surface area (Å²) >= 11 is 0. The molecule has 0 N–H and O–H groups in total. The lowest BCUT2D eigenvalue weighted by Crippen LogP contribution is -2.41. The molecular formula is C8H11NO2. The lowest BCUT2D eigenvalue weighted by atomic mass is 10.2. The lowest BCUT2D eigenvalue weighted by Gasteiger charge is -2.15. The quantitative estimate of drug-likeness (QED) is 0.468. The van der Waals surface area contributed by atoms with Crippen LogP contribution >= 0.6 is 0 Å². The number of rotatable bonds is 1. The van der Waals surface area contributed by atoms with E-state index in [2.05, 4.69) is 0 Å². The number of carbonyl (C=O) groups excluding carboxylic acids is 1. The largest absolute Gasteiger partial charge is 0.839 e. The maximum Gasteiger partial charge on any atom is 0.172 e. The fourth-order valence-electron chi connectivity index (χ4n) is 0.878. The molecule has 0 aromatic carbocycles. The molecule has 1 unspecified atom stereocenters. The topological polar surface area (TPSA) is 43.1 Å². The second-order valence-corrected chi connectivity index (χ2v) is 2.83. The second-order valence-electron chi connectivity index (χ2n) is 2.83. The van der Waals surface area contributed by atoms with Gasteiger partial charge in [-0.05, 0) is 13.8 Å². The van der Waals surface area contributed by atoms with Crippen LogP contribution < -0.4 is 5.11 Å². The van der Waals surface area contributed by atoms with Gasteiger partial charge < -0.3 is 5.11 Å². The Morgan fingerprint density at radius 3 is 2.73 bits per heavy atom. The van der Waals surface area contributed by atoms with Gasteiger partial charge >= 0.3 is 0 Å². The van der Waals surface area contributed by atoms with Crippen molar-refractivity contribution in [3.8, 4) is 0 Å². The molecule has 3 heteroatoms. The highest BCUT2D eigenvalue weighted by Gasteiger charge is 2.15. The van der Waals surface area contributed by atoms with E-state index < -0.39 is 6.10 Å². The maximum atomic E-state index is 10.9. The summed E-state index contributed by atoms with van der Waals surface area (Å²) in [5.74, 6) is -0.359. The van der Waals surface area contributed by atoms with E-state index in [1.165, 1.54) is 12.3 Å². The number of hydrogen-bond acceptors (Lipinski definition) is 2.